The van der Waals surface area contributed by atoms with Gasteiger partial charge in [0.05, 0.1) is 13.2 Å². The van der Waals surface area contributed by atoms with Gasteiger partial charge in [-0.2, -0.15) is 0 Å². The summed E-state index contributed by atoms with van der Waals surface area (Å²) in [6.07, 6.45) is 80.8. The van der Waals surface area contributed by atoms with Crippen LogP contribution in [0.5, 0.6) is 11.5 Å². The first-order chi connectivity index (χ1) is 51.7. The van der Waals surface area contributed by atoms with Crippen LogP contribution in [-0.4, -0.2) is 72.3 Å². The average Bonchev–Trinajstić information content (AvgIpc) is 0.770. The molecule has 0 amide bonds. The molecule has 0 heterocycles. The summed E-state index contributed by atoms with van der Waals surface area (Å²) in [5, 5.41) is 22.7. The van der Waals surface area contributed by atoms with Crippen molar-refractivity contribution in [3.05, 3.63) is 57.6 Å². The Hall–Kier alpha value is -0.0886. The number of phenolic OH excluding ortho intramolecular Hbond substituents is 2. The topological polar surface area (TPSA) is 139 Å². The van der Waals surface area contributed by atoms with Crippen molar-refractivity contribution in [1.82, 2.24) is 0 Å². The second-order valence-electron chi connectivity index (χ2n) is 36.6. The maximum Gasteiger partial charge on any atom is 2.00 e. The number of rotatable bonds is 74. The Morgan fingerprint density at radius 3 is 0.541 bits per heavy atom. The molecule has 109 heavy (non-hydrogen) atoms. The van der Waals surface area contributed by atoms with Gasteiger partial charge in [0.1, 0.15) is 26.7 Å². The molecule has 636 valence electrons. The van der Waals surface area contributed by atoms with Gasteiger partial charge in [-0.05, 0) is 84.2 Å². The van der Waals surface area contributed by atoms with Gasteiger partial charge in [0.15, 0.2) is 0 Å². The molecule has 0 aliphatic rings. The summed E-state index contributed by atoms with van der Waals surface area (Å²) in [5.74, 6) is 0.620. The predicted molar refractivity (Wildman–Crippen MR) is 478 cm³/mol. The van der Waals surface area contributed by atoms with Crippen LogP contribution in [0.3, 0.4) is 0 Å². The molecule has 0 bridgehead atoms. The molecule has 0 saturated heterocycles. The molecule has 0 aliphatic heterocycles. The Morgan fingerprint density at radius 1 is 0.275 bits per heavy atom. The smallest absolute Gasteiger partial charge is 0.778 e. The summed E-state index contributed by atoms with van der Waals surface area (Å²) in [6, 6.07) is 7.72. The molecule has 0 aromatic heterocycles. The van der Waals surface area contributed by atoms with Crippen LogP contribution in [0, 0.1) is 0 Å². The molecule has 0 spiro atoms. The van der Waals surface area contributed by atoms with E-state index in [0.717, 1.165) is 97.6 Å². The molecule has 4 atom stereocenters. The van der Waals surface area contributed by atoms with Gasteiger partial charge in [0.25, 0.3) is 0 Å². The van der Waals surface area contributed by atoms with Gasteiger partial charge in [-0.1, -0.05) is 482 Å². The van der Waals surface area contributed by atoms with Crippen LogP contribution in [-0.2, 0) is 39.8 Å². The third-order valence-electron chi connectivity index (χ3n) is 25.6. The fraction of sp³-hybridized carbons (Fsp3) is 0.878. The number of benzene rings is 2. The Labute approximate surface area is 720 Å². The molecule has 0 aliphatic carbocycles. The van der Waals surface area contributed by atoms with E-state index in [2.05, 4.69) is 96.9 Å². The molecule has 2 aromatic rings. The van der Waals surface area contributed by atoms with Crippen molar-refractivity contribution in [2.24, 2.45) is 0 Å². The molecule has 0 radical (unpaired) electrons. The van der Waals surface area contributed by atoms with Crippen molar-refractivity contribution in [2.45, 2.75) is 542 Å². The van der Waals surface area contributed by atoms with Gasteiger partial charge in [-0.3, -0.25) is 0 Å². The Bertz CT molecular complexity index is 2300. The minimum Gasteiger partial charge on any atom is -0.778 e. The van der Waals surface area contributed by atoms with E-state index in [1.165, 1.54) is 321 Å². The molecule has 8 nitrogen and oxygen atoms in total. The molecular weight excluding hydrogens is 1500 g/mol. The second kappa shape index (κ2) is 66.8. The van der Waals surface area contributed by atoms with Crippen LogP contribution in [0.2, 0.25) is 0 Å². The molecule has 0 saturated carbocycles. The monoisotopic (exact) mass is 1690 g/mol. The number of phenols is 2. The van der Waals surface area contributed by atoms with E-state index in [0.29, 0.717) is 24.3 Å². The molecule has 4 unspecified atom stereocenters. The van der Waals surface area contributed by atoms with Crippen molar-refractivity contribution in [1.29, 1.82) is 0 Å². The summed E-state index contributed by atoms with van der Waals surface area (Å²) < 4.78 is 38.3. The molecule has 2 N–H and O–H groups in total. The Balaban J connectivity index is 0.00000212. The quantitative estimate of drug-likeness (QED) is 0.0379. The summed E-state index contributed by atoms with van der Waals surface area (Å²) in [7, 11) is -8.27. The van der Waals surface area contributed by atoms with E-state index in [1.807, 2.05) is 38.1 Å². The van der Waals surface area contributed by atoms with E-state index in [1.54, 1.807) is 0 Å². The van der Waals surface area contributed by atoms with Crippen molar-refractivity contribution >= 4 is 64.1 Å². The number of aromatic hydroxyl groups is 2. The first kappa shape index (κ1) is 109. The standard InChI is InChI=1S/2C49H93O4P.Ba/c2*1-9-13-14-15-16-17-18-19-20-21-22-23-24-25-26-27-28-29-30-31-32-33-34-35-36-37-38-39-40-53-54(51,52)46(10-2)43-41-44(48(5,6)11-3)47(50)45(42-43)49(7,8)12-4;/h2*41-42,46,50H,9-40H2,1-8H3,(H,51,52);/q;;+2/p-2. The zero-order valence-electron chi connectivity index (χ0n) is 75.7. The average molecular weight is 1690 g/mol. The van der Waals surface area contributed by atoms with Crippen molar-refractivity contribution < 1.29 is 38.2 Å². The van der Waals surface area contributed by atoms with E-state index < -0.39 is 26.5 Å². The molecule has 2 rings (SSSR count). The van der Waals surface area contributed by atoms with Gasteiger partial charge in [-0.15, -0.1) is 0 Å². The zero-order chi connectivity index (χ0) is 80.3. The van der Waals surface area contributed by atoms with Crippen molar-refractivity contribution in [2.75, 3.05) is 13.2 Å². The normalized spacial score (nSPS) is 14.0. The molecule has 0 fully saturated rings. The summed E-state index contributed by atoms with van der Waals surface area (Å²) >= 11 is 0. The van der Waals surface area contributed by atoms with Crippen LogP contribution in [0.1, 0.15) is 554 Å². The van der Waals surface area contributed by atoms with Crippen LogP contribution < -0.4 is 9.79 Å². The third kappa shape index (κ3) is 49.8. The van der Waals surface area contributed by atoms with Crippen molar-refractivity contribution in [3.8, 4) is 11.5 Å². The summed E-state index contributed by atoms with van der Waals surface area (Å²) in [4.78, 5) is 27.0. The Morgan fingerprint density at radius 2 is 0.413 bits per heavy atom. The molecular formula is C98H184BaO8P2. The largest absolute Gasteiger partial charge is 2.00 e. The maximum absolute atomic E-state index is 13.5. The number of hydrogen-bond donors (Lipinski definition) is 2. The maximum atomic E-state index is 13.5. The minimum absolute atomic E-state index is 0. The third-order valence-corrected chi connectivity index (χ3v) is 29.5. The molecule has 11 heteroatoms. The first-order valence-electron chi connectivity index (χ1n) is 47.4. The predicted octanol–water partition coefficient (Wildman–Crippen LogP) is 33.1. The first-order valence-corrected chi connectivity index (χ1v) is 50.6. The van der Waals surface area contributed by atoms with Crippen LogP contribution in [0.25, 0.3) is 0 Å². The van der Waals surface area contributed by atoms with E-state index in [4.69, 9.17) is 9.05 Å². The molecule has 2 aromatic carbocycles. The summed E-state index contributed by atoms with van der Waals surface area (Å²) in [5.41, 5.74) is 2.32. The van der Waals surface area contributed by atoms with Gasteiger partial charge >= 0.3 is 48.9 Å². The fourth-order valence-electron chi connectivity index (χ4n) is 15.9. The zero-order valence-corrected chi connectivity index (χ0v) is 81.9. The van der Waals surface area contributed by atoms with E-state index in [9.17, 15) is 29.1 Å². The summed E-state index contributed by atoms with van der Waals surface area (Å²) in [6.45, 7) is 34.3. The van der Waals surface area contributed by atoms with Crippen LogP contribution in [0.4, 0.5) is 0 Å². The van der Waals surface area contributed by atoms with Gasteiger partial charge < -0.3 is 38.2 Å². The van der Waals surface area contributed by atoms with E-state index in [-0.39, 0.29) is 83.8 Å². The fourth-order valence-corrected chi connectivity index (χ4v) is 19.0. The SMILES string of the molecule is CCCCCCCCCCCCCCCCCCCCCCCCCCCCCCOP(=O)([O-])C(CC)c1cc(C(C)(C)CC)c(O)c(C(C)(C)CC)c1.CCCCCCCCCCCCCCCCCCCCCCCCCCCCCCOP(=O)([O-])C(CC)c1cc(C(C)(C)CC)c(O)c(C(C)(C)CC)c1.[Ba+2]. The van der Waals surface area contributed by atoms with Gasteiger partial charge in [-0.25, -0.2) is 0 Å². The van der Waals surface area contributed by atoms with E-state index >= 15 is 0 Å². The van der Waals surface area contributed by atoms with Crippen LogP contribution >= 0.6 is 15.2 Å². The number of unbranched alkanes of at least 4 members (excludes halogenated alkanes) is 54. The van der Waals surface area contributed by atoms with Gasteiger partial charge in [0, 0.05) is 33.6 Å². The Kier molecular flexibility index (Phi) is 66.7. The second-order valence-corrected chi connectivity index (χ2v) is 40.5. The van der Waals surface area contributed by atoms with Crippen LogP contribution in [0.15, 0.2) is 24.3 Å². The minimum atomic E-state index is -4.13. The number of hydrogen-bond acceptors (Lipinski definition) is 8. The van der Waals surface area contributed by atoms with Crippen molar-refractivity contribution in [3.63, 3.8) is 0 Å². The van der Waals surface area contributed by atoms with Gasteiger partial charge in [0.2, 0.25) is 0 Å².